The first-order valence-electron chi connectivity index (χ1n) is 1.03. The molecule has 0 aliphatic rings. The van der Waals surface area contributed by atoms with E-state index in [0.717, 1.165) is 6.61 Å². The maximum Gasteiger partial charge on any atom is 0.104 e. The summed E-state index contributed by atoms with van der Waals surface area (Å²) in [6, 6.07) is 0. The predicted molar refractivity (Wildman–Crippen MR) is 27.9 cm³/mol. The lowest BCUT2D eigenvalue weighted by molar-refractivity contribution is 0.401. The van der Waals surface area contributed by atoms with Crippen LogP contribution in [0.1, 0.15) is 0 Å². The van der Waals surface area contributed by atoms with Gasteiger partial charge in [0.15, 0.2) is 0 Å². The Morgan fingerprint density at radius 1 is 1.60 bits per heavy atom. The van der Waals surface area contributed by atoms with Crippen molar-refractivity contribution in [3.63, 3.8) is 0 Å². The molecule has 0 spiro atoms. The van der Waals surface area contributed by atoms with Crippen molar-refractivity contribution in [2.75, 3.05) is 0 Å². The van der Waals surface area contributed by atoms with Crippen molar-refractivity contribution in [1.82, 2.24) is 0 Å². The summed E-state index contributed by atoms with van der Waals surface area (Å²) in [5.41, 5.74) is 0. The summed E-state index contributed by atoms with van der Waals surface area (Å²) in [6.07, 6.45) is 0. The highest BCUT2D eigenvalue weighted by atomic mass is 79.9. The van der Waals surface area contributed by atoms with Crippen LogP contribution >= 0.6 is 31.9 Å². The second-order valence-electron chi connectivity index (χ2n) is 0.484. The number of hydrogen-bond donors (Lipinski definition) is 1. The Morgan fingerprint density at radius 2 is 1.80 bits per heavy atom. The van der Waals surface area contributed by atoms with Gasteiger partial charge in [-0.1, -0.05) is 31.9 Å². The van der Waals surface area contributed by atoms with Crippen molar-refractivity contribution < 1.29 is 5.11 Å². The molecule has 0 fully saturated rings. The maximum absolute atomic E-state index is 7.92. The van der Waals surface area contributed by atoms with E-state index >= 15 is 0 Å². The first kappa shape index (κ1) is 5.92. The minimum Gasteiger partial charge on any atom is -0.388 e. The number of aliphatic hydroxyl groups is 1. The normalized spacial score (nSPS) is 9.60. The van der Waals surface area contributed by atoms with Crippen LogP contribution in [-0.2, 0) is 0 Å². The van der Waals surface area contributed by atoms with Crippen molar-refractivity contribution in [3.8, 4) is 0 Å². The standard InChI is InChI=1S/C2H3Br2O/c3-2(4)1-5/h1-2,5H. The fourth-order valence-corrected chi connectivity index (χ4v) is 0. The molecule has 0 saturated carbocycles. The van der Waals surface area contributed by atoms with Gasteiger partial charge in [0, 0.05) is 0 Å². The van der Waals surface area contributed by atoms with Crippen molar-refractivity contribution in [2.45, 2.75) is 3.74 Å². The molecular formula is C2H3Br2O. The zero-order valence-electron chi connectivity index (χ0n) is 2.36. The zero-order chi connectivity index (χ0) is 4.28. The number of alkyl halides is 2. The van der Waals surface area contributed by atoms with E-state index in [-0.39, 0.29) is 3.74 Å². The van der Waals surface area contributed by atoms with Crippen LogP contribution in [0.4, 0.5) is 0 Å². The summed E-state index contributed by atoms with van der Waals surface area (Å²) in [4.78, 5) is 0. The molecule has 3 heteroatoms. The third-order valence-corrected chi connectivity index (χ3v) is 0.586. The maximum atomic E-state index is 7.92. The summed E-state index contributed by atoms with van der Waals surface area (Å²) in [7, 11) is 0. The lowest BCUT2D eigenvalue weighted by Gasteiger charge is -1.84. The third kappa shape index (κ3) is 4.92. The average molecular weight is 203 g/mol. The summed E-state index contributed by atoms with van der Waals surface area (Å²) < 4.78 is -0.0602. The van der Waals surface area contributed by atoms with Gasteiger partial charge in [0.2, 0.25) is 0 Å². The van der Waals surface area contributed by atoms with E-state index < -0.39 is 0 Å². The number of rotatable bonds is 1. The molecule has 1 radical (unpaired) electrons. The molecule has 0 bridgehead atoms. The first-order chi connectivity index (χ1) is 2.27. The van der Waals surface area contributed by atoms with Crippen LogP contribution in [0.2, 0.25) is 0 Å². The van der Waals surface area contributed by atoms with Crippen molar-refractivity contribution in [1.29, 1.82) is 0 Å². The topological polar surface area (TPSA) is 20.2 Å². The van der Waals surface area contributed by atoms with Gasteiger partial charge in [-0.3, -0.25) is 0 Å². The molecule has 0 rings (SSSR count). The first-order valence-corrected chi connectivity index (χ1v) is 2.86. The minimum absolute atomic E-state index is 0.0602. The molecular weight excluding hydrogens is 200 g/mol. The van der Waals surface area contributed by atoms with E-state index in [4.69, 9.17) is 5.11 Å². The second kappa shape index (κ2) is 3.12. The summed E-state index contributed by atoms with van der Waals surface area (Å²) in [5.74, 6) is 0. The molecule has 5 heavy (non-hydrogen) atoms. The summed E-state index contributed by atoms with van der Waals surface area (Å²) >= 11 is 5.97. The minimum atomic E-state index is -0.0602. The smallest absolute Gasteiger partial charge is 0.104 e. The van der Waals surface area contributed by atoms with Crippen LogP contribution in [0.15, 0.2) is 0 Å². The van der Waals surface area contributed by atoms with Gasteiger partial charge >= 0.3 is 0 Å². The Kier molecular flexibility index (Phi) is 3.70. The fourth-order valence-electron chi connectivity index (χ4n) is 0. The fraction of sp³-hybridized carbons (Fsp3) is 0.500. The van der Waals surface area contributed by atoms with Gasteiger partial charge in [-0.2, -0.15) is 0 Å². The van der Waals surface area contributed by atoms with Crippen LogP contribution in [0.5, 0.6) is 0 Å². The van der Waals surface area contributed by atoms with Crippen LogP contribution in [0.25, 0.3) is 0 Å². The molecule has 31 valence electrons. The van der Waals surface area contributed by atoms with Crippen LogP contribution in [0.3, 0.4) is 0 Å². The van der Waals surface area contributed by atoms with Gasteiger partial charge in [-0.25, -0.2) is 0 Å². The van der Waals surface area contributed by atoms with Gasteiger partial charge < -0.3 is 5.11 Å². The molecule has 0 aliphatic carbocycles. The van der Waals surface area contributed by atoms with Crippen molar-refractivity contribution in [2.24, 2.45) is 0 Å². The number of halogens is 2. The van der Waals surface area contributed by atoms with Gasteiger partial charge in [-0.05, 0) is 0 Å². The molecule has 0 unspecified atom stereocenters. The Balaban J connectivity index is 2.54. The van der Waals surface area contributed by atoms with Crippen molar-refractivity contribution >= 4 is 31.9 Å². The third-order valence-electron chi connectivity index (χ3n) is 0.113. The van der Waals surface area contributed by atoms with E-state index in [1.54, 1.807) is 0 Å². The summed E-state index contributed by atoms with van der Waals surface area (Å²) in [6.45, 7) is 1.00. The van der Waals surface area contributed by atoms with E-state index in [0.29, 0.717) is 0 Å². The second-order valence-corrected chi connectivity index (χ2v) is 3.69. The average Bonchev–Trinajstić information content (AvgIpc) is 1.38. The molecule has 0 saturated heterocycles. The highest BCUT2D eigenvalue weighted by Crippen LogP contribution is 2.07. The quantitative estimate of drug-likeness (QED) is 0.642. The van der Waals surface area contributed by atoms with Crippen LogP contribution in [0, 0.1) is 6.61 Å². The Labute approximate surface area is 47.6 Å². The SMILES string of the molecule is O[CH]C(Br)Br. The molecule has 0 aromatic carbocycles. The van der Waals surface area contributed by atoms with E-state index in [1.807, 2.05) is 0 Å². The molecule has 1 nitrogen and oxygen atoms in total. The molecule has 0 atom stereocenters. The molecule has 0 heterocycles. The molecule has 1 N–H and O–H groups in total. The molecule has 0 aliphatic heterocycles. The lowest BCUT2D eigenvalue weighted by Crippen LogP contribution is -1.79. The van der Waals surface area contributed by atoms with Crippen LogP contribution in [-0.4, -0.2) is 8.84 Å². The van der Waals surface area contributed by atoms with E-state index in [9.17, 15) is 0 Å². The Morgan fingerprint density at radius 3 is 1.80 bits per heavy atom. The van der Waals surface area contributed by atoms with Gasteiger partial charge in [0.05, 0.1) is 3.74 Å². The van der Waals surface area contributed by atoms with Crippen LogP contribution < -0.4 is 0 Å². The van der Waals surface area contributed by atoms with E-state index in [2.05, 4.69) is 31.9 Å². The highest BCUT2D eigenvalue weighted by molar-refractivity contribution is 9.24. The van der Waals surface area contributed by atoms with Gasteiger partial charge in [0.25, 0.3) is 0 Å². The Hall–Kier alpha value is 0.920. The monoisotopic (exact) mass is 201 g/mol. The molecule has 0 amide bonds. The van der Waals surface area contributed by atoms with Crippen molar-refractivity contribution in [3.05, 3.63) is 6.61 Å². The zero-order valence-corrected chi connectivity index (χ0v) is 5.53. The number of aliphatic hydroxyl groups excluding tert-OH is 1. The highest BCUT2D eigenvalue weighted by Gasteiger charge is 1.88. The summed E-state index contributed by atoms with van der Waals surface area (Å²) in [5, 5.41) is 7.92. The largest absolute Gasteiger partial charge is 0.388 e. The lowest BCUT2D eigenvalue weighted by atomic mass is 10.9. The van der Waals surface area contributed by atoms with Gasteiger partial charge in [-0.15, -0.1) is 0 Å². The molecule has 0 aromatic rings. The Bertz CT molecular complexity index is 21.6. The molecule has 0 aromatic heterocycles. The number of hydrogen-bond acceptors (Lipinski definition) is 1. The van der Waals surface area contributed by atoms with Gasteiger partial charge in [0.1, 0.15) is 6.61 Å². The predicted octanol–water partition coefficient (Wildman–Crippen LogP) is 1.64. The van der Waals surface area contributed by atoms with E-state index in [1.165, 1.54) is 0 Å².